The molecule has 2 N–H and O–H groups in total. The zero-order chi connectivity index (χ0) is 25.5. The monoisotopic (exact) mass is 502 g/mol. The number of aromatic nitrogens is 2. The number of nitrogens with zero attached hydrogens (tertiary/aromatic N) is 2. The first kappa shape index (κ1) is 26.8. The van der Waals surface area contributed by atoms with Gasteiger partial charge < -0.3 is 10.6 Å². The molecule has 3 rings (SSSR count). The number of hydrogen-bond acceptors (Lipinski definition) is 3. The lowest BCUT2D eigenvalue weighted by Gasteiger charge is -2.11. The van der Waals surface area contributed by atoms with Crippen LogP contribution in [0.3, 0.4) is 0 Å². The van der Waals surface area contributed by atoms with Crippen molar-refractivity contribution in [1.29, 1.82) is 0 Å². The van der Waals surface area contributed by atoms with E-state index in [9.17, 15) is 31.5 Å². The average molecular weight is 503 g/mol. The molecule has 0 unspecified atom stereocenters. The van der Waals surface area contributed by atoms with Crippen LogP contribution in [0.5, 0.6) is 0 Å². The third-order valence-electron chi connectivity index (χ3n) is 4.49. The van der Waals surface area contributed by atoms with Gasteiger partial charge in [-0.2, -0.15) is 5.10 Å². The van der Waals surface area contributed by atoms with E-state index >= 15 is 0 Å². The van der Waals surface area contributed by atoms with Gasteiger partial charge in [0.1, 0.15) is 12.4 Å². The topological polar surface area (TPSA) is 76.0 Å². The van der Waals surface area contributed by atoms with Gasteiger partial charge in [-0.3, -0.25) is 14.3 Å². The first-order valence-corrected chi connectivity index (χ1v) is 10.1. The van der Waals surface area contributed by atoms with Crippen LogP contribution in [0.15, 0.2) is 48.5 Å². The molecule has 182 valence electrons. The minimum Gasteiger partial charge on any atom is -0.348 e. The molecule has 1 heterocycles. The van der Waals surface area contributed by atoms with E-state index in [1.807, 2.05) is 30.3 Å². The highest BCUT2D eigenvalue weighted by molar-refractivity contribution is 6.34. The third-order valence-corrected chi connectivity index (χ3v) is 4.82. The van der Waals surface area contributed by atoms with Crippen LogP contribution in [0.2, 0.25) is 5.02 Å². The predicted octanol–water partition coefficient (Wildman–Crippen LogP) is 5.51. The second-order valence-corrected chi connectivity index (χ2v) is 7.33. The molecule has 0 bridgehead atoms. The van der Waals surface area contributed by atoms with E-state index < -0.39 is 19.0 Å². The summed E-state index contributed by atoms with van der Waals surface area (Å²) in [5, 5.41) is 9.79. The molecule has 2 aromatic carbocycles. The molecule has 0 aliphatic carbocycles. The molecule has 0 spiro atoms. The molecule has 0 saturated carbocycles. The van der Waals surface area contributed by atoms with Crippen molar-refractivity contribution in [3.05, 3.63) is 81.6 Å². The Morgan fingerprint density at radius 2 is 1.68 bits per heavy atom. The quantitative estimate of drug-likeness (QED) is 0.436. The molecule has 0 aliphatic rings. The minimum absolute atomic E-state index is 0.217. The summed E-state index contributed by atoms with van der Waals surface area (Å²) >= 11 is 6.17. The number of carbonyl (C=O) groups excluding carboxylic acids is 2. The van der Waals surface area contributed by atoms with Crippen LogP contribution in [0, 0.1) is 6.92 Å². The molecule has 0 radical (unpaired) electrons. The number of halogens is 6. The van der Waals surface area contributed by atoms with Crippen LogP contribution >= 0.6 is 11.6 Å². The number of hydrogen-bond donors (Lipinski definition) is 2. The Kier molecular flexibility index (Phi) is 9.13. The summed E-state index contributed by atoms with van der Waals surface area (Å²) in [4.78, 5) is 25.2. The average Bonchev–Trinajstić information content (AvgIpc) is 3.06. The molecule has 0 fully saturated rings. The number of alkyl halides is 5. The van der Waals surface area contributed by atoms with Gasteiger partial charge in [0.15, 0.2) is 0 Å². The maximum Gasteiger partial charge on any atom is 0.559 e. The molecule has 0 aliphatic heterocycles. The molecule has 3 aromatic rings. The number of anilines is 1. The molecule has 0 saturated heterocycles. The molecule has 0 atom stereocenters. The molecular formula is C22H20ClF5N4O2. The van der Waals surface area contributed by atoms with Crippen molar-refractivity contribution >= 4 is 29.1 Å². The van der Waals surface area contributed by atoms with Crippen LogP contribution in [-0.4, -0.2) is 28.0 Å². The predicted molar refractivity (Wildman–Crippen MR) is 117 cm³/mol. The number of amides is 2. The summed E-state index contributed by atoms with van der Waals surface area (Å²) in [6.07, 6.45) is -5.50. The summed E-state index contributed by atoms with van der Waals surface area (Å²) < 4.78 is 53.1. The van der Waals surface area contributed by atoms with E-state index in [0.29, 0.717) is 17.8 Å². The first-order valence-electron chi connectivity index (χ1n) is 9.67. The Morgan fingerprint density at radius 1 is 1.06 bits per heavy atom. The second-order valence-electron chi connectivity index (χ2n) is 6.92. The highest BCUT2D eigenvalue weighted by Crippen LogP contribution is 2.22. The van der Waals surface area contributed by atoms with E-state index in [1.165, 1.54) is 16.8 Å². The van der Waals surface area contributed by atoms with Gasteiger partial charge in [0.05, 0.1) is 16.3 Å². The summed E-state index contributed by atoms with van der Waals surface area (Å²) in [5.74, 6) is -0.804. The zero-order valence-electron chi connectivity index (χ0n) is 18.0. The van der Waals surface area contributed by atoms with Crippen LogP contribution < -0.4 is 10.6 Å². The SMILES string of the molecule is Cc1c(CF)nn(C)c1C(=O)Nc1ccc(Cl)c(C(=O)NCc2ccccc2)c1.FC(F)(F)F. The maximum atomic E-state index is 13.0. The van der Waals surface area contributed by atoms with Gasteiger partial charge in [0.25, 0.3) is 11.8 Å². The van der Waals surface area contributed by atoms with Crippen LogP contribution in [-0.2, 0) is 20.3 Å². The van der Waals surface area contributed by atoms with E-state index in [4.69, 9.17) is 11.6 Å². The van der Waals surface area contributed by atoms with E-state index in [1.54, 1.807) is 20.0 Å². The molecule has 6 nitrogen and oxygen atoms in total. The highest BCUT2D eigenvalue weighted by Gasteiger charge is 2.24. The molecule has 1 aromatic heterocycles. The van der Waals surface area contributed by atoms with Crippen LogP contribution in [0.1, 0.15) is 37.7 Å². The van der Waals surface area contributed by atoms with E-state index in [0.717, 1.165) is 5.56 Å². The van der Waals surface area contributed by atoms with Gasteiger partial charge in [-0.1, -0.05) is 41.9 Å². The van der Waals surface area contributed by atoms with Gasteiger partial charge >= 0.3 is 6.43 Å². The minimum atomic E-state index is -5.50. The number of benzene rings is 2. The standard InChI is InChI=1S/C21H20ClFN4O2.CF4/c1-13-18(11-23)26-27(2)19(13)21(29)25-15-8-9-17(22)16(10-15)20(28)24-12-14-6-4-3-5-7-14;2-1(3,4)5/h3-10H,11-12H2,1-2H3,(H,24,28)(H,25,29);. The maximum absolute atomic E-state index is 13.0. The fraction of sp³-hybridized carbons (Fsp3) is 0.227. The van der Waals surface area contributed by atoms with Crippen molar-refractivity contribution in [2.24, 2.45) is 7.05 Å². The number of rotatable bonds is 6. The number of aryl methyl sites for hydroxylation is 1. The van der Waals surface area contributed by atoms with Crippen molar-refractivity contribution in [2.75, 3.05) is 5.32 Å². The highest BCUT2D eigenvalue weighted by atomic mass is 35.5. The first-order chi connectivity index (χ1) is 15.9. The zero-order valence-corrected chi connectivity index (χ0v) is 18.8. The van der Waals surface area contributed by atoms with Gasteiger partial charge in [0, 0.05) is 24.8 Å². The van der Waals surface area contributed by atoms with E-state index in [2.05, 4.69) is 15.7 Å². The van der Waals surface area contributed by atoms with Crippen molar-refractivity contribution in [3.8, 4) is 0 Å². The number of carbonyl (C=O) groups is 2. The van der Waals surface area contributed by atoms with Gasteiger partial charge in [-0.05, 0) is 30.7 Å². The van der Waals surface area contributed by atoms with Gasteiger partial charge in [-0.15, -0.1) is 17.6 Å². The lowest BCUT2D eigenvalue weighted by Crippen LogP contribution is -2.23. The summed E-state index contributed by atoms with van der Waals surface area (Å²) in [6.45, 7) is 1.24. The molecular weight excluding hydrogens is 483 g/mol. The lowest BCUT2D eigenvalue weighted by atomic mass is 10.1. The van der Waals surface area contributed by atoms with Gasteiger partial charge in [0.2, 0.25) is 0 Å². The Morgan fingerprint density at radius 3 is 2.24 bits per heavy atom. The lowest BCUT2D eigenvalue weighted by molar-refractivity contribution is -0.237. The molecule has 12 heteroatoms. The Labute approximate surface area is 196 Å². The second kappa shape index (κ2) is 11.6. The Hall–Kier alpha value is -3.47. The molecule has 34 heavy (non-hydrogen) atoms. The van der Waals surface area contributed by atoms with Gasteiger partial charge in [-0.25, -0.2) is 4.39 Å². The largest absolute Gasteiger partial charge is 0.559 e. The van der Waals surface area contributed by atoms with Crippen molar-refractivity contribution < 1.29 is 31.5 Å². The normalized spacial score (nSPS) is 10.8. The third kappa shape index (κ3) is 7.84. The fourth-order valence-electron chi connectivity index (χ4n) is 2.97. The summed E-state index contributed by atoms with van der Waals surface area (Å²) in [5.41, 5.74) is 2.54. The fourth-order valence-corrected chi connectivity index (χ4v) is 3.17. The van der Waals surface area contributed by atoms with E-state index in [-0.39, 0.29) is 27.9 Å². The van der Waals surface area contributed by atoms with Crippen LogP contribution in [0.25, 0.3) is 0 Å². The smallest absolute Gasteiger partial charge is 0.348 e. The summed E-state index contributed by atoms with van der Waals surface area (Å²) in [7, 11) is 1.57. The van der Waals surface area contributed by atoms with Crippen LogP contribution in [0.4, 0.5) is 27.6 Å². The Balaban J connectivity index is 0.000000739. The van der Waals surface area contributed by atoms with Crippen molar-refractivity contribution in [3.63, 3.8) is 0 Å². The Bertz CT molecular complexity index is 1140. The number of nitrogens with one attached hydrogen (secondary N) is 2. The van der Waals surface area contributed by atoms with Crippen molar-refractivity contribution in [1.82, 2.24) is 15.1 Å². The molecule has 2 amide bonds. The van der Waals surface area contributed by atoms with Crippen molar-refractivity contribution in [2.45, 2.75) is 26.6 Å². The summed E-state index contributed by atoms with van der Waals surface area (Å²) in [6, 6.07) is 14.1.